The summed E-state index contributed by atoms with van der Waals surface area (Å²) in [6, 6.07) is 12.1. The fourth-order valence-corrected chi connectivity index (χ4v) is 6.28. The van der Waals surface area contributed by atoms with Crippen LogP contribution in [0.15, 0.2) is 47.4 Å². The van der Waals surface area contributed by atoms with E-state index in [1.807, 2.05) is 19.9 Å². The van der Waals surface area contributed by atoms with Gasteiger partial charge in [-0.25, -0.2) is 13.1 Å². The van der Waals surface area contributed by atoms with Gasteiger partial charge < -0.3 is 5.32 Å². The SMILES string of the molecule is Cc1ccc(S(=O)(=O)C2(C(=O)Nc3cccc(-c4nnnn4C)c3)CCCC2)cc1C. The largest absolute Gasteiger partial charge is 0.325 e. The molecule has 0 unspecified atom stereocenters. The van der Waals surface area contributed by atoms with Crippen molar-refractivity contribution in [3.05, 3.63) is 53.6 Å². The van der Waals surface area contributed by atoms with Crippen molar-refractivity contribution in [3.8, 4) is 11.4 Å². The zero-order chi connectivity index (χ0) is 22.2. The first kappa shape index (κ1) is 21.2. The Morgan fingerprint density at radius 2 is 1.81 bits per heavy atom. The molecule has 1 heterocycles. The molecule has 0 radical (unpaired) electrons. The standard InChI is InChI=1S/C22H25N5O3S/c1-15-9-10-19(13-16(15)2)31(29,30)22(11-4-5-12-22)21(28)23-18-8-6-7-17(14-18)20-24-25-26-27(20)3/h6-10,13-14H,4-5,11-12H2,1-3H3,(H,23,28). The topological polar surface area (TPSA) is 107 Å². The number of sulfone groups is 1. The number of carbonyl (C=O) groups excluding carboxylic acids is 1. The number of aromatic nitrogens is 4. The molecule has 31 heavy (non-hydrogen) atoms. The highest BCUT2D eigenvalue weighted by Gasteiger charge is 2.53. The predicted octanol–water partition coefficient (Wildman–Crippen LogP) is 3.22. The maximum atomic E-state index is 13.7. The van der Waals surface area contributed by atoms with Gasteiger partial charge in [0.2, 0.25) is 5.91 Å². The maximum Gasteiger partial charge on any atom is 0.246 e. The van der Waals surface area contributed by atoms with E-state index in [2.05, 4.69) is 20.8 Å². The van der Waals surface area contributed by atoms with Crippen LogP contribution in [-0.4, -0.2) is 39.3 Å². The fraction of sp³-hybridized carbons (Fsp3) is 0.364. The smallest absolute Gasteiger partial charge is 0.246 e. The quantitative estimate of drug-likeness (QED) is 0.654. The summed E-state index contributed by atoms with van der Waals surface area (Å²) in [6.07, 6.45) is 2.01. The minimum Gasteiger partial charge on any atom is -0.325 e. The fourth-order valence-electron chi connectivity index (χ4n) is 4.13. The third-order valence-electron chi connectivity index (χ3n) is 6.13. The molecule has 1 fully saturated rings. The van der Waals surface area contributed by atoms with E-state index in [1.54, 1.807) is 43.4 Å². The highest BCUT2D eigenvalue weighted by molar-refractivity contribution is 7.93. The Kier molecular flexibility index (Phi) is 5.38. The van der Waals surface area contributed by atoms with Gasteiger partial charge in [0.25, 0.3) is 0 Å². The van der Waals surface area contributed by atoms with Gasteiger partial charge in [0, 0.05) is 18.3 Å². The van der Waals surface area contributed by atoms with Crippen molar-refractivity contribution >= 4 is 21.4 Å². The monoisotopic (exact) mass is 439 g/mol. The average molecular weight is 440 g/mol. The zero-order valence-electron chi connectivity index (χ0n) is 17.8. The normalized spacial score (nSPS) is 15.7. The number of tetrazole rings is 1. The number of rotatable bonds is 5. The van der Waals surface area contributed by atoms with Gasteiger partial charge in [0.15, 0.2) is 20.4 Å². The van der Waals surface area contributed by atoms with E-state index < -0.39 is 20.5 Å². The van der Waals surface area contributed by atoms with E-state index >= 15 is 0 Å². The Bertz CT molecular complexity index is 1240. The summed E-state index contributed by atoms with van der Waals surface area (Å²) < 4.78 is 27.4. The molecule has 3 aromatic rings. The summed E-state index contributed by atoms with van der Waals surface area (Å²) in [5, 5.41) is 14.3. The van der Waals surface area contributed by atoms with Crippen LogP contribution in [0.25, 0.3) is 11.4 Å². The Morgan fingerprint density at radius 1 is 1.06 bits per heavy atom. The molecule has 1 aromatic heterocycles. The Balaban J connectivity index is 1.68. The highest BCUT2D eigenvalue weighted by Crippen LogP contribution is 2.42. The molecule has 0 saturated heterocycles. The van der Waals surface area contributed by atoms with E-state index in [0.717, 1.165) is 16.7 Å². The second kappa shape index (κ2) is 7.88. The van der Waals surface area contributed by atoms with Crippen LogP contribution >= 0.6 is 0 Å². The lowest BCUT2D eigenvalue weighted by molar-refractivity contribution is -0.118. The van der Waals surface area contributed by atoms with Crippen molar-refractivity contribution in [3.63, 3.8) is 0 Å². The zero-order valence-corrected chi connectivity index (χ0v) is 18.6. The lowest BCUT2D eigenvalue weighted by Gasteiger charge is -2.28. The number of amides is 1. The molecule has 1 aliphatic carbocycles. The van der Waals surface area contributed by atoms with Gasteiger partial charge in [-0.15, -0.1) is 5.10 Å². The summed E-state index contributed by atoms with van der Waals surface area (Å²) in [5.41, 5.74) is 3.13. The summed E-state index contributed by atoms with van der Waals surface area (Å²) in [4.78, 5) is 13.6. The van der Waals surface area contributed by atoms with E-state index in [0.29, 0.717) is 37.2 Å². The van der Waals surface area contributed by atoms with Crippen LogP contribution < -0.4 is 5.32 Å². The summed E-state index contributed by atoms with van der Waals surface area (Å²) in [6.45, 7) is 3.81. The molecule has 0 atom stereocenters. The molecule has 162 valence electrons. The van der Waals surface area contributed by atoms with Gasteiger partial charge >= 0.3 is 0 Å². The molecule has 1 aliphatic rings. The Labute approximate surface area is 181 Å². The molecule has 0 spiro atoms. The van der Waals surface area contributed by atoms with Crippen LogP contribution in [0.2, 0.25) is 0 Å². The van der Waals surface area contributed by atoms with Crippen LogP contribution in [0, 0.1) is 13.8 Å². The number of nitrogens with zero attached hydrogens (tertiary/aromatic N) is 4. The molecule has 1 amide bonds. The van der Waals surface area contributed by atoms with Crippen LogP contribution in [-0.2, 0) is 21.7 Å². The average Bonchev–Trinajstić information content (AvgIpc) is 3.40. The van der Waals surface area contributed by atoms with Crippen molar-refractivity contribution in [2.24, 2.45) is 7.05 Å². The number of carbonyl (C=O) groups is 1. The molecule has 9 heteroatoms. The lowest BCUT2D eigenvalue weighted by atomic mass is 10.1. The number of hydrogen-bond acceptors (Lipinski definition) is 6. The number of anilines is 1. The molecular formula is C22H25N5O3S. The molecule has 0 bridgehead atoms. The molecule has 4 rings (SSSR count). The Hall–Kier alpha value is -3.07. The summed E-state index contributed by atoms with van der Waals surface area (Å²) in [5.74, 6) is 0.0610. The van der Waals surface area contributed by atoms with Gasteiger partial charge in [-0.3, -0.25) is 4.79 Å². The third kappa shape index (κ3) is 3.63. The first-order valence-electron chi connectivity index (χ1n) is 10.2. The first-order chi connectivity index (χ1) is 14.7. The van der Waals surface area contributed by atoms with E-state index in [9.17, 15) is 13.2 Å². The second-order valence-corrected chi connectivity index (χ2v) is 10.4. The lowest BCUT2D eigenvalue weighted by Crippen LogP contribution is -2.47. The molecule has 8 nitrogen and oxygen atoms in total. The van der Waals surface area contributed by atoms with E-state index in [4.69, 9.17) is 0 Å². The van der Waals surface area contributed by atoms with Crippen LogP contribution in [0.4, 0.5) is 5.69 Å². The number of benzene rings is 2. The van der Waals surface area contributed by atoms with Crippen molar-refractivity contribution in [2.75, 3.05) is 5.32 Å². The Morgan fingerprint density at radius 3 is 2.45 bits per heavy atom. The second-order valence-electron chi connectivity index (χ2n) is 8.11. The van der Waals surface area contributed by atoms with Crippen LogP contribution in [0.1, 0.15) is 36.8 Å². The van der Waals surface area contributed by atoms with Gasteiger partial charge in [-0.2, -0.15) is 0 Å². The molecule has 2 aromatic carbocycles. The first-order valence-corrected chi connectivity index (χ1v) is 11.7. The van der Waals surface area contributed by atoms with Gasteiger partial charge in [0.1, 0.15) is 0 Å². The van der Waals surface area contributed by atoms with Crippen molar-refractivity contribution in [2.45, 2.75) is 49.2 Å². The summed E-state index contributed by atoms with van der Waals surface area (Å²) >= 11 is 0. The van der Waals surface area contributed by atoms with Crippen molar-refractivity contribution in [1.82, 2.24) is 20.2 Å². The molecule has 1 N–H and O–H groups in total. The van der Waals surface area contributed by atoms with Gasteiger partial charge in [0.05, 0.1) is 4.90 Å². The summed E-state index contributed by atoms with van der Waals surface area (Å²) in [7, 11) is -2.14. The van der Waals surface area contributed by atoms with E-state index in [1.165, 1.54) is 4.68 Å². The molecule has 0 aliphatic heterocycles. The number of hydrogen-bond donors (Lipinski definition) is 1. The number of aryl methyl sites for hydroxylation is 3. The predicted molar refractivity (Wildman–Crippen MR) is 117 cm³/mol. The number of nitrogens with one attached hydrogen (secondary N) is 1. The third-order valence-corrected chi connectivity index (χ3v) is 8.62. The van der Waals surface area contributed by atoms with Crippen LogP contribution in [0.3, 0.4) is 0 Å². The van der Waals surface area contributed by atoms with Gasteiger partial charge in [-0.1, -0.05) is 31.0 Å². The minimum absolute atomic E-state index is 0.201. The molecular weight excluding hydrogens is 414 g/mol. The highest BCUT2D eigenvalue weighted by atomic mass is 32.2. The van der Waals surface area contributed by atoms with Crippen molar-refractivity contribution < 1.29 is 13.2 Å². The minimum atomic E-state index is -3.87. The van der Waals surface area contributed by atoms with Crippen LogP contribution in [0.5, 0.6) is 0 Å². The van der Waals surface area contributed by atoms with Crippen molar-refractivity contribution in [1.29, 1.82) is 0 Å². The van der Waals surface area contributed by atoms with Gasteiger partial charge in [-0.05, 0) is 72.5 Å². The maximum absolute atomic E-state index is 13.7. The van der Waals surface area contributed by atoms with E-state index in [-0.39, 0.29) is 4.90 Å². The molecule has 1 saturated carbocycles.